The molecule has 4 amide bonds. The van der Waals surface area contributed by atoms with Crippen LogP contribution in [0.5, 0.6) is 0 Å². The van der Waals surface area contributed by atoms with Gasteiger partial charge >= 0.3 is 49.4 Å². The highest BCUT2D eigenvalue weighted by atomic mass is 19.4. The number of benzene rings is 4. The zero-order chi connectivity index (χ0) is 67.8. The van der Waals surface area contributed by atoms with Gasteiger partial charge in [0.2, 0.25) is 0 Å². The molecule has 6 heterocycles. The molecule has 11 nitrogen and oxygen atoms in total. The first-order valence-corrected chi connectivity index (χ1v) is 25.6. The molecule has 0 bridgehead atoms. The minimum Gasteiger partial charge on any atom is -0.392 e. The summed E-state index contributed by atoms with van der Waals surface area (Å²) in [5.74, 6) is -3.72. The summed E-state index contributed by atoms with van der Waals surface area (Å²) >= 11 is 0. The molecule has 4 aromatic carbocycles. The van der Waals surface area contributed by atoms with Crippen LogP contribution in [0, 0.1) is 0 Å². The Kier molecular flexibility index (Phi) is 17.7. The molecule has 0 aliphatic carbocycles. The molecule has 2 unspecified atom stereocenters. The predicted molar refractivity (Wildman–Crippen MR) is 265 cm³/mol. The number of nitrogens with one attached hydrogen (secondary N) is 1. The molecule has 10 rings (SSSR count). The van der Waals surface area contributed by atoms with Gasteiger partial charge in [-0.25, -0.2) is 9.97 Å². The molecule has 2 atom stereocenters. The Morgan fingerprint density at radius 3 is 1.05 bits per heavy atom. The highest BCUT2D eigenvalue weighted by Crippen LogP contribution is 2.53. The zero-order valence-corrected chi connectivity index (χ0v) is 44.9. The molecular weight excluding hydrogens is 1290 g/mol. The Labute approximate surface area is 493 Å². The second kappa shape index (κ2) is 23.5. The van der Waals surface area contributed by atoms with Crippen LogP contribution in [0.25, 0.3) is 0 Å². The quantitative estimate of drug-likeness (QED) is 0.118. The molecule has 2 fully saturated rings. The van der Waals surface area contributed by atoms with E-state index >= 15 is 0 Å². The predicted octanol–water partition coefficient (Wildman–Crippen LogP) is 14.6. The first kappa shape index (κ1) is 68.3. The summed E-state index contributed by atoms with van der Waals surface area (Å²) in [6, 6.07) is 12.1. The zero-order valence-electron chi connectivity index (χ0n) is 44.9. The minimum absolute atomic E-state index is 0.0321. The molecule has 0 radical (unpaired) electrons. The number of fused-ring (bicyclic) bond motifs is 2. The Morgan fingerprint density at radius 2 is 0.747 bits per heavy atom. The lowest BCUT2D eigenvalue weighted by atomic mass is 9.77. The van der Waals surface area contributed by atoms with Gasteiger partial charge in [0, 0.05) is 49.7 Å². The number of hydrogen-bond donors (Lipinski definition) is 2. The van der Waals surface area contributed by atoms with Gasteiger partial charge in [-0.05, 0) is 96.8 Å². The standard InChI is InChI=1S/C28H17F12N3O2.C20H14F12N2O.C8H5NO2/c29-25(30,31)16-7-15(8-17(9-16)26(32,33)34)24(28(38,39)40)5-6-42(13-24)21-10-20(27(35,36)37)14(11-41-21)12-43-22(44)18-3-1-2-4-19(18)23(43)45;21-17(22,23)12-3-11(4-13(5-12)18(24,25)26)16(20(30,31)32)1-2-34(9-16)15-6-14(19(27,28)29)10(8-35)7-33-15;10-7-5-3-1-2-4-6(5)8(11)9-7/h1-4,7-11H,5-6,12-13H2;3-7,35H,1-2,8-9H2;1-4H,(H,9,10,11). The number of hydrogen-bond acceptors (Lipinski definition) is 9. The number of aromatic nitrogens is 2. The van der Waals surface area contributed by atoms with Crippen LogP contribution in [0.15, 0.2) is 109 Å². The summed E-state index contributed by atoms with van der Waals surface area (Å²) in [6.07, 6.45) is -43.6. The normalized spacial score (nSPS) is 19.1. The number of rotatable bonds is 7. The molecule has 2 saturated heterocycles. The second-order valence-electron chi connectivity index (χ2n) is 20.7. The number of halogens is 24. The SMILES string of the molecule is O=C1NC(=O)c2ccccc21.O=C1c2ccccc2C(=O)N1Cc1cnc(N2CCC(c3cc(C(F)(F)F)cc(C(F)(F)F)c3)(C(F)(F)F)C2)cc1C(F)(F)F.OCc1cnc(N2CCC(c3cc(C(F)(F)F)cc(C(F)(F)F)c3)(C(F)(F)F)C2)cc1C(F)(F)F. The highest BCUT2D eigenvalue weighted by Gasteiger charge is 2.62. The van der Waals surface area contributed by atoms with E-state index in [1.165, 1.54) is 24.3 Å². The van der Waals surface area contributed by atoms with E-state index in [0.717, 1.165) is 0 Å². The van der Waals surface area contributed by atoms with E-state index in [2.05, 4.69) is 15.3 Å². The third-order valence-electron chi connectivity index (χ3n) is 15.1. The van der Waals surface area contributed by atoms with Gasteiger partial charge in [0.15, 0.2) is 0 Å². The van der Waals surface area contributed by atoms with E-state index < -0.39 is 191 Å². The first-order valence-electron chi connectivity index (χ1n) is 25.6. The van der Waals surface area contributed by atoms with E-state index in [4.69, 9.17) is 5.11 Å². The van der Waals surface area contributed by atoms with Crippen LogP contribution in [-0.2, 0) is 61.0 Å². The number of pyridine rings is 2. The van der Waals surface area contributed by atoms with Crippen molar-refractivity contribution < 1.29 is 130 Å². The first-order chi connectivity index (χ1) is 41.7. The topological polar surface area (TPSA) is 136 Å². The van der Waals surface area contributed by atoms with Gasteiger partial charge in [-0.15, -0.1) is 0 Å². The summed E-state index contributed by atoms with van der Waals surface area (Å²) in [7, 11) is 0. The number of aliphatic hydroxyl groups excluding tert-OH is 1. The van der Waals surface area contributed by atoms with Crippen LogP contribution in [0.3, 0.4) is 0 Å². The van der Waals surface area contributed by atoms with Crippen LogP contribution in [0.2, 0.25) is 0 Å². The maximum atomic E-state index is 14.5. The van der Waals surface area contributed by atoms with E-state index in [-0.39, 0.29) is 59.3 Å². The summed E-state index contributed by atoms with van der Waals surface area (Å²) in [4.78, 5) is 56.5. The van der Waals surface area contributed by atoms with E-state index in [1.807, 2.05) is 0 Å². The van der Waals surface area contributed by atoms with Gasteiger partial charge < -0.3 is 14.9 Å². The molecule has 0 saturated carbocycles. The lowest BCUT2D eigenvalue weighted by Crippen LogP contribution is -2.45. The number of alkyl halides is 24. The van der Waals surface area contributed by atoms with Crippen LogP contribution < -0.4 is 15.1 Å². The van der Waals surface area contributed by atoms with Crippen molar-refractivity contribution in [2.45, 2.75) is 86.2 Å². The van der Waals surface area contributed by atoms with Crippen molar-refractivity contribution in [3.63, 3.8) is 0 Å². The lowest BCUT2D eigenvalue weighted by Gasteiger charge is -2.33. The maximum Gasteiger partial charge on any atom is 0.416 e. The Bertz CT molecular complexity index is 3680. The van der Waals surface area contributed by atoms with E-state index in [1.54, 1.807) is 24.3 Å². The number of nitrogens with zero attached hydrogens (tertiary/aromatic N) is 5. The third-order valence-corrected chi connectivity index (χ3v) is 15.1. The van der Waals surface area contributed by atoms with Crippen LogP contribution in [0.1, 0.15) is 110 Å². The monoisotopic (exact) mass is 1330 g/mol. The second-order valence-corrected chi connectivity index (χ2v) is 20.7. The van der Waals surface area contributed by atoms with Crippen molar-refractivity contribution in [1.82, 2.24) is 20.2 Å². The number of imide groups is 2. The third kappa shape index (κ3) is 13.7. The summed E-state index contributed by atoms with van der Waals surface area (Å²) in [6.45, 7) is -6.02. The molecule has 35 heteroatoms. The minimum atomic E-state index is -5.44. The highest BCUT2D eigenvalue weighted by molar-refractivity contribution is 6.22. The fourth-order valence-electron chi connectivity index (χ4n) is 10.5. The molecule has 4 aliphatic heterocycles. The van der Waals surface area contributed by atoms with E-state index in [0.29, 0.717) is 50.4 Å². The van der Waals surface area contributed by atoms with Crippen molar-refractivity contribution in [1.29, 1.82) is 0 Å². The van der Waals surface area contributed by atoms with Gasteiger partial charge in [0.1, 0.15) is 22.5 Å². The van der Waals surface area contributed by atoms with Gasteiger partial charge in [-0.1, -0.05) is 24.3 Å². The smallest absolute Gasteiger partial charge is 0.392 e. The summed E-state index contributed by atoms with van der Waals surface area (Å²) in [5.41, 5.74) is -20.5. The molecule has 0 spiro atoms. The van der Waals surface area contributed by atoms with E-state index in [9.17, 15) is 125 Å². The molecule has 2 aromatic heterocycles. The van der Waals surface area contributed by atoms with Crippen molar-refractivity contribution >= 4 is 35.3 Å². The molecule has 91 heavy (non-hydrogen) atoms. The fourth-order valence-corrected chi connectivity index (χ4v) is 10.5. The molecular formula is C56H36F24N6O5. The van der Waals surface area contributed by atoms with Gasteiger partial charge in [-0.2, -0.15) is 105 Å². The van der Waals surface area contributed by atoms with Crippen molar-refractivity contribution in [2.75, 3.05) is 36.0 Å². The van der Waals surface area contributed by atoms with Gasteiger partial charge in [-0.3, -0.25) is 29.4 Å². The van der Waals surface area contributed by atoms with Gasteiger partial charge in [0.05, 0.1) is 68.8 Å². The number of carbonyl (C=O) groups excluding carboxylic acids is 4. The molecule has 6 aromatic rings. The van der Waals surface area contributed by atoms with Gasteiger partial charge in [0.25, 0.3) is 23.6 Å². The largest absolute Gasteiger partial charge is 0.416 e. The number of aliphatic hydroxyl groups is 1. The summed E-state index contributed by atoms with van der Waals surface area (Å²) in [5, 5.41) is 11.3. The summed E-state index contributed by atoms with van der Waals surface area (Å²) < 4.78 is 328. The molecule has 488 valence electrons. The maximum absolute atomic E-state index is 14.5. The molecule has 4 aliphatic rings. The molecule has 2 N–H and O–H groups in total. The Morgan fingerprint density at radius 1 is 0.429 bits per heavy atom. The average molecular weight is 1330 g/mol. The van der Waals surface area contributed by atoms with Crippen LogP contribution in [-0.4, -0.2) is 82.1 Å². The number of anilines is 2. The Hall–Kier alpha value is -8.66. The lowest BCUT2D eigenvalue weighted by molar-refractivity contribution is -0.185. The van der Waals surface area contributed by atoms with Crippen LogP contribution in [0.4, 0.5) is 117 Å². The average Bonchev–Trinajstić information content (AvgIpc) is 1.71. The number of carbonyl (C=O) groups is 4. The Balaban J connectivity index is 0.000000204. The fraction of sp³-hybridized carbons (Fsp3) is 0.321. The number of amides is 4. The van der Waals surface area contributed by atoms with Crippen molar-refractivity contribution in [2.24, 2.45) is 0 Å². The van der Waals surface area contributed by atoms with Crippen molar-refractivity contribution in [3.05, 3.63) is 187 Å². The van der Waals surface area contributed by atoms with Crippen molar-refractivity contribution in [3.8, 4) is 0 Å². The van der Waals surface area contributed by atoms with Crippen LogP contribution >= 0.6 is 0 Å².